The molecule has 0 unspecified atom stereocenters. The first-order valence-corrected chi connectivity index (χ1v) is 4.37. The van der Waals surface area contributed by atoms with E-state index < -0.39 is 0 Å². The van der Waals surface area contributed by atoms with Crippen LogP contribution in [0, 0.1) is 19.3 Å². The summed E-state index contributed by atoms with van der Waals surface area (Å²) in [6, 6.07) is 0. The summed E-state index contributed by atoms with van der Waals surface area (Å²) in [4.78, 5) is 0. The van der Waals surface area contributed by atoms with Crippen molar-refractivity contribution in [2.75, 3.05) is 11.5 Å². The van der Waals surface area contributed by atoms with Gasteiger partial charge < -0.3 is 0 Å². The van der Waals surface area contributed by atoms with Gasteiger partial charge in [-0.05, 0) is 31.3 Å². The Bertz CT molecular complexity index is 81.1. The third kappa shape index (κ3) is 7.91. The summed E-state index contributed by atoms with van der Waals surface area (Å²) in [6.07, 6.45) is 8.41. The van der Waals surface area contributed by atoms with Crippen LogP contribution in [-0.4, -0.2) is 11.5 Å². The van der Waals surface area contributed by atoms with Gasteiger partial charge in [-0.2, -0.15) is 11.8 Å². The van der Waals surface area contributed by atoms with Crippen molar-refractivity contribution < 1.29 is 0 Å². The second-order valence-corrected chi connectivity index (χ2v) is 3.00. The lowest BCUT2D eigenvalue weighted by molar-refractivity contribution is 0.837. The molecule has 1 radical (unpaired) electrons. The van der Waals surface area contributed by atoms with Gasteiger partial charge in [0.15, 0.2) is 0 Å². The van der Waals surface area contributed by atoms with E-state index in [2.05, 4.69) is 12.8 Å². The van der Waals surface area contributed by atoms with Crippen LogP contribution >= 0.6 is 11.8 Å². The molecule has 0 spiro atoms. The number of rotatable bonds is 5. The van der Waals surface area contributed by atoms with E-state index in [1.165, 1.54) is 18.6 Å². The largest absolute Gasteiger partial charge is 0.162 e. The standard InChI is InChI=1S/C8H13S/c1-3-5-6-7-8-9-4-2/h1H,2,4-8H2. The fourth-order valence-corrected chi connectivity index (χ4v) is 1.15. The molecule has 51 valence electrons. The summed E-state index contributed by atoms with van der Waals surface area (Å²) in [6.45, 7) is 3.73. The Morgan fingerprint density at radius 2 is 2.22 bits per heavy atom. The summed E-state index contributed by atoms with van der Waals surface area (Å²) in [5.74, 6) is 4.82. The highest BCUT2D eigenvalue weighted by molar-refractivity contribution is 7.99. The molecule has 0 saturated carbocycles. The van der Waals surface area contributed by atoms with E-state index in [0.717, 1.165) is 12.2 Å². The first kappa shape index (κ1) is 8.91. The van der Waals surface area contributed by atoms with Crippen molar-refractivity contribution in [1.82, 2.24) is 0 Å². The van der Waals surface area contributed by atoms with E-state index in [1.54, 1.807) is 0 Å². The third-order valence-electron chi connectivity index (χ3n) is 1.00. The molecule has 0 amide bonds. The quantitative estimate of drug-likeness (QED) is 0.418. The molecule has 0 aliphatic carbocycles. The van der Waals surface area contributed by atoms with Crippen LogP contribution in [-0.2, 0) is 0 Å². The Hall–Kier alpha value is -0.0900. The Morgan fingerprint density at radius 3 is 2.78 bits per heavy atom. The van der Waals surface area contributed by atoms with Gasteiger partial charge in [-0.3, -0.25) is 0 Å². The van der Waals surface area contributed by atoms with E-state index in [-0.39, 0.29) is 0 Å². The molecule has 0 fully saturated rings. The maximum absolute atomic E-state index is 5.07. The molecule has 0 aromatic heterocycles. The third-order valence-corrected chi connectivity index (χ3v) is 1.87. The first-order chi connectivity index (χ1) is 4.41. The number of unbranched alkanes of at least 4 members (excludes halogenated alkanes) is 2. The zero-order valence-electron chi connectivity index (χ0n) is 5.73. The van der Waals surface area contributed by atoms with Gasteiger partial charge in [0.1, 0.15) is 0 Å². The molecule has 0 bridgehead atoms. The molecular formula is C8H13S. The Balaban J connectivity index is 2.69. The predicted octanol–water partition coefficient (Wildman–Crippen LogP) is 2.36. The topological polar surface area (TPSA) is 0 Å². The van der Waals surface area contributed by atoms with Crippen molar-refractivity contribution in [2.45, 2.75) is 19.3 Å². The molecule has 0 heterocycles. The van der Waals surface area contributed by atoms with Crippen LogP contribution in [0.3, 0.4) is 0 Å². The zero-order chi connectivity index (χ0) is 6.95. The van der Waals surface area contributed by atoms with Gasteiger partial charge in [0.25, 0.3) is 0 Å². The van der Waals surface area contributed by atoms with Gasteiger partial charge in [-0.25, -0.2) is 0 Å². The van der Waals surface area contributed by atoms with Crippen molar-refractivity contribution in [1.29, 1.82) is 0 Å². The summed E-state index contributed by atoms with van der Waals surface area (Å²) in [5.41, 5.74) is 0. The molecule has 0 atom stereocenters. The highest BCUT2D eigenvalue weighted by atomic mass is 32.2. The van der Waals surface area contributed by atoms with Crippen molar-refractivity contribution in [2.24, 2.45) is 0 Å². The van der Waals surface area contributed by atoms with E-state index >= 15 is 0 Å². The smallest absolute Gasteiger partial charge is 0.00863 e. The molecule has 9 heavy (non-hydrogen) atoms. The number of hydrogen-bond acceptors (Lipinski definition) is 1. The molecular weight excluding hydrogens is 128 g/mol. The van der Waals surface area contributed by atoms with Crippen molar-refractivity contribution in [3.63, 3.8) is 0 Å². The fourth-order valence-electron chi connectivity index (χ4n) is 0.533. The second kappa shape index (κ2) is 7.91. The maximum atomic E-state index is 5.07. The second-order valence-electron chi connectivity index (χ2n) is 1.77. The van der Waals surface area contributed by atoms with E-state index in [9.17, 15) is 0 Å². The summed E-state index contributed by atoms with van der Waals surface area (Å²) >= 11 is 1.88. The molecule has 0 aliphatic rings. The molecule has 0 nitrogen and oxygen atoms in total. The van der Waals surface area contributed by atoms with Crippen LogP contribution in [0.5, 0.6) is 0 Å². The lowest BCUT2D eigenvalue weighted by atomic mass is 10.3. The minimum Gasteiger partial charge on any atom is -0.162 e. The van der Waals surface area contributed by atoms with Crippen LogP contribution < -0.4 is 0 Å². The Kier molecular flexibility index (Phi) is 7.83. The Morgan fingerprint density at radius 1 is 1.44 bits per heavy atom. The zero-order valence-corrected chi connectivity index (χ0v) is 6.54. The molecule has 1 heteroatoms. The van der Waals surface area contributed by atoms with E-state index in [4.69, 9.17) is 6.42 Å². The number of hydrogen-bond donors (Lipinski definition) is 0. The normalized spacial score (nSPS) is 8.89. The average Bonchev–Trinajstić information content (AvgIpc) is 1.89. The monoisotopic (exact) mass is 141 g/mol. The Labute approximate surface area is 62.4 Å². The summed E-state index contributed by atoms with van der Waals surface area (Å²) < 4.78 is 0. The molecule has 0 aliphatic heterocycles. The summed E-state index contributed by atoms with van der Waals surface area (Å²) in [7, 11) is 0. The molecule has 0 aromatic rings. The van der Waals surface area contributed by atoms with Crippen LogP contribution in [0.15, 0.2) is 0 Å². The van der Waals surface area contributed by atoms with E-state index in [0.29, 0.717) is 0 Å². The van der Waals surface area contributed by atoms with Gasteiger partial charge in [0.05, 0.1) is 0 Å². The van der Waals surface area contributed by atoms with E-state index in [1.807, 2.05) is 11.8 Å². The molecule has 0 aromatic carbocycles. The first-order valence-electron chi connectivity index (χ1n) is 3.22. The van der Waals surface area contributed by atoms with Gasteiger partial charge >= 0.3 is 0 Å². The van der Waals surface area contributed by atoms with Crippen LogP contribution in [0.4, 0.5) is 0 Å². The average molecular weight is 141 g/mol. The highest BCUT2D eigenvalue weighted by Crippen LogP contribution is 2.03. The minimum atomic E-state index is 0.928. The van der Waals surface area contributed by atoms with Gasteiger partial charge in [-0.1, -0.05) is 0 Å². The van der Waals surface area contributed by atoms with Gasteiger partial charge in [-0.15, -0.1) is 12.3 Å². The van der Waals surface area contributed by atoms with Crippen LogP contribution in [0.25, 0.3) is 0 Å². The number of terminal acetylenes is 1. The molecule has 0 saturated heterocycles. The van der Waals surface area contributed by atoms with Crippen molar-refractivity contribution in [3.8, 4) is 12.3 Å². The summed E-state index contributed by atoms with van der Waals surface area (Å²) in [5, 5.41) is 0. The molecule has 0 rings (SSSR count). The van der Waals surface area contributed by atoms with Gasteiger partial charge in [0, 0.05) is 6.42 Å². The van der Waals surface area contributed by atoms with Crippen LogP contribution in [0.1, 0.15) is 19.3 Å². The fraction of sp³-hybridized carbons (Fsp3) is 0.625. The SMILES string of the molecule is C#CCCCCSC[CH2]. The minimum absolute atomic E-state index is 0.928. The number of thioether (sulfide) groups is 1. The lowest BCUT2D eigenvalue weighted by Gasteiger charge is -1.93. The predicted molar refractivity (Wildman–Crippen MR) is 45.4 cm³/mol. The van der Waals surface area contributed by atoms with Crippen molar-refractivity contribution in [3.05, 3.63) is 6.92 Å². The highest BCUT2D eigenvalue weighted by Gasteiger charge is 1.84. The van der Waals surface area contributed by atoms with Gasteiger partial charge in [0.2, 0.25) is 0 Å². The maximum Gasteiger partial charge on any atom is 0.00863 e. The van der Waals surface area contributed by atoms with Crippen molar-refractivity contribution >= 4 is 11.8 Å². The van der Waals surface area contributed by atoms with Crippen LogP contribution in [0.2, 0.25) is 0 Å². The molecule has 0 N–H and O–H groups in total. The lowest BCUT2D eigenvalue weighted by Crippen LogP contribution is -1.79.